The van der Waals surface area contributed by atoms with Crippen molar-refractivity contribution in [3.05, 3.63) is 146 Å². The molecule has 0 aliphatic heterocycles. The molecule has 0 bridgehead atoms. The number of phenolic OH excluding ortho intramolecular Hbond substituents is 2. The van der Waals surface area contributed by atoms with Crippen molar-refractivity contribution < 1.29 is 10.2 Å². The van der Waals surface area contributed by atoms with E-state index in [0.29, 0.717) is 8.95 Å². The fourth-order valence-electron chi connectivity index (χ4n) is 4.91. The third-order valence-corrected chi connectivity index (χ3v) is 8.61. The van der Waals surface area contributed by atoms with Gasteiger partial charge in [0.25, 0.3) is 0 Å². The molecule has 0 spiro atoms. The van der Waals surface area contributed by atoms with Crippen LogP contribution < -0.4 is 4.90 Å². The molecular formula is C34H29Br2NO2. The van der Waals surface area contributed by atoms with E-state index in [1.165, 1.54) is 11.1 Å². The highest BCUT2D eigenvalue weighted by Crippen LogP contribution is 2.44. The van der Waals surface area contributed by atoms with E-state index < -0.39 is 5.41 Å². The van der Waals surface area contributed by atoms with E-state index in [9.17, 15) is 10.2 Å². The van der Waals surface area contributed by atoms with Gasteiger partial charge in [-0.05, 0) is 130 Å². The van der Waals surface area contributed by atoms with Gasteiger partial charge < -0.3 is 15.1 Å². The van der Waals surface area contributed by atoms with E-state index in [-0.39, 0.29) is 11.5 Å². The molecule has 0 heterocycles. The lowest BCUT2D eigenvalue weighted by atomic mass is 9.71. The van der Waals surface area contributed by atoms with Crippen molar-refractivity contribution in [2.45, 2.75) is 26.2 Å². The zero-order chi connectivity index (χ0) is 27.7. The lowest BCUT2D eigenvalue weighted by Crippen LogP contribution is -2.25. The molecule has 0 radical (unpaired) electrons. The number of hydrogen-bond donors (Lipinski definition) is 2. The molecule has 0 aliphatic rings. The smallest absolute Gasteiger partial charge is 0.129 e. The zero-order valence-corrected chi connectivity index (χ0v) is 25.2. The van der Waals surface area contributed by atoms with Crippen LogP contribution in [0.25, 0.3) is 0 Å². The molecule has 0 saturated heterocycles. The number of benzene rings is 5. The van der Waals surface area contributed by atoms with Crippen LogP contribution in [0.15, 0.2) is 118 Å². The summed E-state index contributed by atoms with van der Waals surface area (Å²) in [6, 6.07) is 36.9. The standard InChI is InChI=1S/C34H29Br2NO2/c1-22-4-12-27(13-5-22)37(28-14-6-23(2)7-15-28)29-16-8-24(9-17-29)34(3,25-10-18-32(38)30(35)20-25)26-11-19-33(39)31(36)21-26/h4-21,38-39H,1-3H3. The van der Waals surface area contributed by atoms with Crippen LogP contribution in [0, 0.1) is 13.8 Å². The minimum Gasteiger partial charge on any atom is -0.507 e. The Bertz CT molecular complexity index is 1510. The van der Waals surface area contributed by atoms with Crippen LogP contribution in [-0.2, 0) is 5.41 Å². The maximum absolute atomic E-state index is 10.2. The lowest BCUT2D eigenvalue weighted by Gasteiger charge is -2.33. The monoisotopic (exact) mass is 641 g/mol. The Labute approximate surface area is 246 Å². The van der Waals surface area contributed by atoms with E-state index in [2.05, 4.69) is 130 Å². The van der Waals surface area contributed by atoms with E-state index in [0.717, 1.165) is 33.8 Å². The molecule has 0 aliphatic carbocycles. The van der Waals surface area contributed by atoms with E-state index >= 15 is 0 Å². The Morgan fingerprint density at radius 2 is 0.846 bits per heavy atom. The Kier molecular flexibility index (Phi) is 7.57. The maximum atomic E-state index is 10.2. The van der Waals surface area contributed by atoms with E-state index in [1.807, 2.05) is 24.3 Å². The van der Waals surface area contributed by atoms with Gasteiger partial charge in [-0.2, -0.15) is 0 Å². The third kappa shape index (κ3) is 5.34. The van der Waals surface area contributed by atoms with Crippen molar-refractivity contribution in [2.24, 2.45) is 0 Å². The molecule has 3 nitrogen and oxygen atoms in total. The molecule has 0 saturated carbocycles. The van der Waals surface area contributed by atoms with Gasteiger partial charge in [-0.3, -0.25) is 0 Å². The summed E-state index contributed by atoms with van der Waals surface area (Å²) in [5, 5.41) is 20.4. The first kappa shape index (κ1) is 27.0. The van der Waals surface area contributed by atoms with Crippen LogP contribution in [0.1, 0.15) is 34.7 Å². The van der Waals surface area contributed by atoms with Gasteiger partial charge in [0.2, 0.25) is 0 Å². The predicted octanol–water partition coefficient (Wildman–Crippen LogP) is 10.1. The molecule has 5 heteroatoms. The van der Waals surface area contributed by atoms with Crippen LogP contribution >= 0.6 is 31.9 Å². The number of nitrogens with zero attached hydrogens (tertiary/aromatic N) is 1. The van der Waals surface area contributed by atoms with Crippen molar-refractivity contribution in [3.63, 3.8) is 0 Å². The Morgan fingerprint density at radius 3 is 1.21 bits per heavy atom. The summed E-state index contributed by atoms with van der Waals surface area (Å²) in [6.45, 7) is 6.36. The molecule has 5 aromatic rings. The number of hydrogen-bond acceptors (Lipinski definition) is 3. The average molecular weight is 643 g/mol. The number of halogens is 2. The second-order valence-corrected chi connectivity index (χ2v) is 11.7. The van der Waals surface area contributed by atoms with E-state index in [1.54, 1.807) is 12.1 Å². The van der Waals surface area contributed by atoms with Crippen LogP contribution in [-0.4, -0.2) is 10.2 Å². The molecule has 0 fully saturated rings. The van der Waals surface area contributed by atoms with Gasteiger partial charge in [-0.25, -0.2) is 0 Å². The highest BCUT2D eigenvalue weighted by Gasteiger charge is 2.32. The molecule has 0 atom stereocenters. The first-order chi connectivity index (χ1) is 18.7. The largest absolute Gasteiger partial charge is 0.507 e. The summed E-state index contributed by atoms with van der Waals surface area (Å²) >= 11 is 6.99. The molecule has 0 aromatic heterocycles. The second kappa shape index (κ2) is 10.9. The van der Waals surface area contributed by atoms with Gasteiger partial charge in [0, 0.05) is 22.5 Å². The first-order valence-electron chi connectivity index (χ1n) is 12.7. The minimum absolute atomic E-state index is 0.190. The number of phenols is 2. The molecule has 0 amide bonds. The molecule has 5 rings (SSSR count). The van der Waals surface area contributed by atoms with Crippen LogP contribution in [0.4, 0.5) is 17.1 Å². The topological polar surface area (TPSA) is 43.7 Å². The van der Waals surface area contributed by atoms with Gasteiger partial charge in [0.05, 0.1) is 8.95 Å². The lowest BCUT2D eigenvalue weighted by molar-refractivity contribution is 0.471. The fraction of sp³-hybridized carbons (Fsp3) is 0.118. The van der Waals surface area contributed by atoms with Gasteiger partial charge in [0.1, 0.15) is 11.5 Å². The van der Waals surface area contributed by atoms with Gasteiger partial charge >= 0.3 is 0 Å². The maximum Gasteiger partial charge on any atom is 0.129 e. The van der Waals surface area contributed by atoms with Crippen molar-refractivity contribution >= 4 is 48.9 Å². The summed E-state index contributed by atoms with van der Waals surface area (Å²) in [4.78, 5) is 2.26. The van der Waals surface area contributed by atoms with Crippen LogP contribution in [0.2, 0.25) is 0 Å². The number of rotatable bonds is 6. The van der Waals surface area contributed by atoms with Crippen molar-refractivity contribution in [3.8, 4) is 11.5 Å². The average Bonchev–Trinajstić information content (AvgIpc) is 2.94. The zero-order valence-electron chi connectivity index (χ0n) is 22.0. The SMILES string of the molecule is Cc1ccc(N(c2ccc(C)cc2)c2ccc(C(C)(c3ccc(O)c(Br)c3)c3ccc(O)c(Br)c3)cc2)cc1. The number of anilines is 3. The van der Waals surface area contributed by atoms with Crippen LogP contribution in [0.5, 0.6) is 11.5 Å². The third-order valence-electron chi connectivity index (χ3n) is 7.34. The summed E-state index contributed by atoms with van der Waals surface area (Å²) < 4.78 is 1.26. The van der Waals surface area contributed by atoms with Gasteiger partial charge in [0.15, 0.2) is 0 Å². The molecular weight excluding hydrogens is 614 g/mol. The first-order valence-corrected chi connectivity index (χ1v) is 14.3. The molecule has 2 N–H and O–H groups in total. The van der Waals surface area contributed by atoms with E-state index in [4.69, 9.17) is 0 Å². The number of aryl methyl sites for hydroxylation is 2. The summed E-state index contributed by atoms with van der Waals surface area (Å²) in [5.74, 6) is 0.380. The van der Waals surface area contributed by atoms with Gasteiger partial charge in [-0.15, -0.1) is 0 Å². The minimum atomic E-state index is -0.566. The van der Waals surface area contributed by atoms with Crippen molar-refractivity contribution in [2.75, 3.05) is 4.90 Å². The Balaban J connectivity index is 1.65. The highest BCUT2D eigenvalue weighted by atomic mass is 79.9. The summed E-state index contributed by atoms with van der Waals surface area (Å²) in [6.07, 6.45) is 0. The molecule has 0 unspecified atom stereocenters. The Hall–Kier alpha value is -3.54. The van der Waals surface area contributed by atoms with Gasteiger partial charge in [-0.1, -0.05) is 59.7 Å². The molecule has 39 heavy (non-hydrogen) atoms. The normalized spacial score (nSPS) is 11.4. The molecule has 5 aromatic carbocycles. The van der Waals surface area contributed by atoms with Crippen molar-refractivity contribution in [1.29, 1.82) is 0 Å². The highest BCUT2D eigenvalue weighted by molar-refractivity contribution is 9.10. The van der Waals surface area contributed by atoms with Crippen molar-refractivity contribution in [1.82, 2.24) is 0 Å². The quantitative estimate of drug-likeness (QED) is 0.181. The Morgan fingerprint density at radius 1 is 0.513 bits per heavy atom. The summed E-state index contributed by atoms with van der Waals surface area (Å²) in [5.41, 5.74) is 8.18. The number of aromatic hydroxyl groups is 2. The fourth-order valence-corrected chi connectivity index (χ4v) is 5.67. The summed E-state index contributed by atoms with van der Waals surface area (Å²) in [7, 11) is 0. The second-order valence-electron chi connectivity index (χ2n) is 10.0. The predicted molar refractivity (Wildman–Crippen MR) is 168 cm³/mol. The molecule has 196 valence electrons. The van der Waals surface area contributed by atoms with Crippen LogP contribution in [0.3, 0.4) is 0 Å².